The minimum absolute atomic E-state index is 0.542. The fraction of sp³-hybridized carbons (Fsp3) is 0.412. The SMILES string of the molecule is CCNC(c1ccc(C)c2ccccc12)C1CC1. The van der Waals surface area contributed by atoms with Crippen LogP contribution in [0, 0.1) is 12.8 Å². The summed E-state index contributed by atoms with van der Waals surface area (Å²) >= 11 is 0. The van der Waals surface area contributed by atoms with Crippen LogP contribution in [0.15, 0.2) is 36.4 Å². The van der Waals surface area contributed by atoms with Crippen LogP contribution in [0.2, 0.25) is 0 Å². The second-order valence-corrected chi connectivity index (χ2v) is 5.39. The van der Waals surface area contributed by atoms with E-state index in [1.807, 2.05) is 0 Å². The number of benzene rings is 2. The molecule has 2 aromatic carbocycles. The van der Waals surface area contributed by atoms with Crippen LogP contribution in [0.25, 0.3) is 10.8 Å². The molecule has 0 aromatic heterocycles. The largest absolute Gasteiger partial charge is 0.310 e. The third kappa shape index (κ3) is 2.04. The van der Waals surface area contributed by atoms with Gasteiger partial charge in [0.25, 0.3) is 0 Å². The van der Waals surface area contributed by atoms with Gasteiger partial charge in [0.15, 0.2) is 0 Å². The van der Waals surface area contributed by atoms with Crippen LogP contribution in [0.4, 0.5) is 0 Å². The first-order chi connectivity index (χ1) is 8.81. The van der Waals surface area contributed by atoms with E-state index in [0.29, 0.717) is 6.04 Å². The van der Waals surface area contributed by atoms with Gasteiger partial charge in [0.1, 0.15) is 0 Å². The highest BCUT2D eigenvalue weighted by Gasteiger charge is 2.32. The summed E-state index contributed by atoms with van der Waals surface area (Å²) in [5.74, 6) is 0.844. The van der Waals surface area contributed by atoms with Crippen LogP contribution in [0.5, 0.6) is 0 Å². The second kappa shape index (κ2) is 4.74. The topological polar surface area (TPSA) is 12.0 Å². The van der Waals surface area contributed by atoms with Gasteiger partial charge in [-0.15, -0.1) is 0 Å². The van der Waals surface area contributed by atoms with Crippen molar-refractivity contribution in [3.63, 3.8) is 0 Å². The zero-order valence-corrected chi connectivity index (χ0v) is 11.2. The van der Waals surface area contributed by atoms with Gasteiger partial charge in [-0.2, -0.15) is 0 Å². The average molecular weight is 239 g/mol. The minimum Gasteiger partial charge on any atom is -0.310 e. The molecule has 1 aliphatic rings. The molecule has 1 aliphatic carbocycles. The molecule has 0 heterocycles. The van der Waals surface area contributed by atoms with Crippen LogP contribution in [0.3, 0.4) is 0 Å². The number of hydrogen-bond donors (Lipinski definition) is 1. The van der Waals surface area contributed by atoms with Gasteiger partial charge < -0.3 is 5.32 Å². The molecule has 1 saturated carbocycles. The molecule has 94 valence electrons. The zero-order valence-electron chi connectivity index (χ0n) is 11.2. The molecular formula is C17H21N. The van der Waals surface area contributed by atoms with Crippen molar-refractivity contribution in [3.8, 4) is 0 Å². The number of fused-ring (bicyclic) bond motifs is 1. The first-order valence-corrected chi connectivity index (χ1v) is 7.03. The van der Waals surface area contributed by atoms with Crippen molar-refractivity contribution in [2.45, 2.75) is 32.7 Å². The van der Waals surface area contributed by atoms with E-state index in [9.17, 15) is 0 Å². The van der Waals surface area contributed by atoms with E-state index < -0.39 is 0 Å². The maximum atomic E-state index is 3.67. The van der Waals surface area contributed by atoms with Gasteiger partial charge in [-0.25, -0.2) is 0 Å². The molecular weight excluding hydrogens is 218 g/mol. The van der Waals surface area contributed by atoms with Gasteiger partial charge in [-0.3, -0.25) is 0 Å². The lowest BCUT2D eigenvalue weighted by Crippen LogP contribution is -2.22. The van der Waals surface area contributed by atoms with Gasteiger partial charge in [-0.05, 0) is 54.1 Å². The van der Waals surface area contributed by atoms with Crippen molar-refractivity contribution in [2.75, 3.05) is 6.54 Å². The maximum absolute atomic E-state index is 3.67. The van der Waals surface area contributed by atoms with E-state index in [0.717, 1.165) is 12.5 Å². The van der Waals surface area contributed by atoms with Crippen LogP contribution in [-0.2, 0) is 0 Å². The Morgan fingerprint density at radius 3 is 2.50 bits per heavy atom. The second-order valence-electron chi connectivity index (χ2n) is 5.39. The van der Waals surface area contributed by atoms with Crippen molar-refractivity contribution in [3.05, 3.63) is 47.5 Å². The summed E-state index contributed by atoms with van der Waals surface area (Å²) in [6.45, 7) is 5.45. The fourth-order valence-electron chi connectivity index (χ4n) is 2.92. The Labute approximate surface area is 109 Å². The van der Waals surface area contributed by atoms with Gasteiger partial charge >= 0.3 is 0 Å². The van der Waals surface area contributed by atoms with E-state index in [-0.39, 0.29) is 0 Å². The molecule has 0 saturated heterocycles. The van der Waals surface area contributed by atoms with Crippen molar-refractivity contribution in [2.24, 2.45) is 5.92 Å². The molecule has 3 rings (SSSR count). The molecule has 1 unspecified atom stereocenters. The smallest absolute Gasteiger partial charge is 0.0354 e. The third-order valence-electron chi connectivity index (χ3n) is 4.03. The summed E-state index contributed by atoms with van der Waals surface area (Å²) in [4.78, 5) is 0. The summed E-state index contributed by atoms with van der Waals surface area (Å²) in [6.07, 6.45) is 2.75. The number of nitrogens with one attached hydrogen (secondary N) is 1. The molecule has 0 aliphatic heterocycles. The van der Waals surface area contributed by atoms with E-state index >= 15 is 0 Å². The summed E-state index contributed by atoms with van der Waals surface area (Å²) < 4.78 is 0. The van der Waals surface area contributed by atoms with E-state index in [1.54, 1.807) is 0 Å². The predicted octanol–water partition coefficient (Wildman–Crippen LogP) is 4.21. The molecule has 2 aromatic rings. The monoisotopic (exact) mass is 239 g/mol. The summed E-state index contributed by atoms with van der Waals surface area (Å²) in [5, 5.41) is 6.50. The zero-order chi connectivity index (χ0) is 12.5. The summed E-state index contributed by atoms with van der Waals surface area (Å²) in [5.41, 5.74) is 2.86. The lowest BCUT2D eigenvalue weighted by atomic mass is 9.93. The fourth-order valence-corrected chi connectivity index (χ4v) is 2.92. The van der Waals surface area contributed by atoms with Crippen molar-refractivity contribution >= 4 is 10.8 Å². The molecule has 1 nitrogen and oxygen atoms in total. The molecule has 1 heteroatoms. The number of aryl methyl sites for hydroxylation is 1. The third-order valence-corrected chi connectivity index (χ3v) is 4.03. The highest BCUT2D eigenvalue weighted by atomic mass is 14.9. The highest BCUT2D eigenvalue weighted by molar-refractivity contribution is 5.89. The van der Waals surface area contributed by atoms with Crippen molar-refractivity contribution in [1.29, 1.82) is 0 Å². The highest BCUT2D eigenvalue weighted by Crippen LogP contribution is 2.43. The van der Waals surface area contributed by atoms with Crippen LogP contribution >= 0.6 is 0 Å². The summed E-state index contributed by atoms with van der Waals surface area (Å²) in [6, 6.07) is 13.9. The van der Waals surface area contributed by atoms with E-state index in [1.165, 1.54) is 34.7 Å². The molecule has 1 atom stereocenters. The lowest BCUT2D eigenvalue weighted by Gasteiger charge is -2.20. The molecule has 0 bridgehead atoms. The summed E-state index contributed by atoms with van der Waals surface area (Å²) in [7, 11) is 0. The van der Waals surface area contributed by atoms with Gasteiger partial charge in [-0.1, -0.05) is 43.3 Å². The molecule has 0 spiro atoms. The van der Waals surface area contributed by atoms with Crippen molar-refractivity contribution in [1.82, 2.24) is 5.32 Å². The first kappa shape index (κ1) is 11.7. The Hall–Kier alpha value is -1.34. The van der Waals surface area contributed by atoms with E-state index in [2.05, 4.69) is 55.6 Å². The standard InChI is InChI=1S/C17H21N/c1-3-18-17(13-9-10-13)16-11-8-12(2)14-6-4-5-7-15(14)16/h4-8,11,13,17-18H,3,9-10H2,1-2H3. The first-order valence-electron chi connectivity index (χ1n) is 7.03. The van der Waals surface area contributed by atoms with Gasteiger partial charge in [0.05, 0.1) is 0 Å². The van der Waals surface area contributed by atoms with Crippen LogP contribution in [0.1, 0.15) is 36.9 Å². The lowest BCUT2D eigenvalue weighted by molar-refractivity contribution is 0.499. The quantitative estimate of drug-likeness (QED) is 0.842. The predicted molar refractivity (Wildman–Crippen MR) is 77.8 cm³/mol. The van der Waals surface area contributed by atoms with Gasteiger partial charge in [0, 0.05) is 6.04 Å². The molecule has 0 radical (unpaired) electrons. The minimum atomic E-state index is 0.542. The molecule has 1 N–H and O–H groups in total. The number of rotatable bonds is 4. The maximum Gasteiger partial charge on any atom is 0.0354 e. The Bertz CT molecular complexity index is 555. The Morgan fingerprint density at radius 2 is 1.83 bits per heavy atom. The average Bonchev–Trinajstić information content (AvgIpc) is 3.22. The van der Waals surface area contributed by atoms with E-state index in [4.69, 9.17) is 0 Å². The number of hydrogen-bond acceptors (Lipinski definition) is 1. The normalized spacial score (nSPS) is 17.0. The molecule has 0 amide bonds. The molecule has 18 heavy (non-hydrogen) atoms. The Kier molecular flexibility index (Phi) is 3.09. The molecule has 1 fully saturated rings. The van der Waals surface area contributed by atoms with Crippen LogP contribution < -0.4 is 5.32 Å². The van der Waals surface area contributed by atoms with Crippen LogP contribution in [-0.4, -0.2) is 6.54 Å². The van der Waals surface area contributed by atoms with Gasteiger partial charge in [0.2, 0.25) is 0 Å². The van der Waals surface area contributed by atoms with Crippen molar-refractivity contribution < 1.29 is 0 Å². The Balaban J connectivity index is 2.12. The Morgan fingerprint density at radius 1 is 1.11 bits per heavy atom.